The molecule has 1 aliphatic heterocycles. The van der Waals surface area contributed by atoms with Gasteiger partial charge in [0.05, 0.1) is 5.71 Å². The molecule has 1 unspecified atom stereocenters. The molecule has 4 rings (SSSR count). The van der Waals surface area contributed by atoms with Crippen LogP contribution in [0.5, 0.6) is 0 Å². The molecular formula is C16H12FN3O. The molecule has 0 saturated heterocycles. The van der Waals surface area contributed by atoms with Crippen LogP contribution in [0.1, 0.15) is 23.7 Å². The van der Waals surface area contributed by atoms with Crippen LogP contribution in [0.25, 0.3) is 10.9 Å². The highest BCUT2D eigenvalue weighted by Crippen LogP contribution is 2.34. The van der Waals surface area contributed by atoms with Gasteiger partial charge < -0.3 is 9.82 Å². The van der Waals surface area contributed by atoms with Crippen LogP contribution in [-0.4, -0.2) is 15.7 Å². The molecule has 3 heterocycles. The first-order valence-corrected chi connectivity index (χ1v) is 6.71. The largest absolute Gasteiger partial charge is 0.387 e. The van der Waals surface area contributed by atoms with Crippen LogP contribution in [0.15, 0.2) is 54.1 Å². The number of benzene rings is 1. The fraction of sp³-hybridized carbons (Fsp3) is 0.125. The van der Waals surface area contributed by atoms with E-state index in [1.807, 2.05) is 18.3 Å². The van der Waals surface area contributed by atoms with E-state index in [1.54, 1.807) is 18.5 Å². The third kappa shape index (κ3) is 2.07. The third-order valence-electron chi connectivity index (χ3n) is 3.71. The van der Waals surface area contributed by atoms with Crippen LogP contribution in [0.2, 0.25) is 0 Å². The first-order chi connectivity index (χ1) is 10.3. The number of hydrogen-bond acceptors (Lipinski definition) is 3. The predicted molar refractivity (Wildman–Crippen MR) is 77.5 cm³/mol. The van der Waals surface area contributed by atoms with Crippen LogP contribution >= 0.6 is 0 Å². The molecule has 104 valence electrons. The number of nitrogens with one attached hydrogen (secondary N) is 1. The Balaban J connectivity index is 1.64. The van der Waals surface area contributed by atoms with Gasteiger partial charge in [-0.1, -0.05) is 5.16 Å². The second kappa shape index (κ2) is 4.70. The van der Waals surface area contributed by atoms with Crippen molar-refractivity contribution < 1.29 is 9.23 Å². The molecule has 0 bridgehead atoms. The first-order valence-electron chi connectivity index (χ1n) is 6.71. The van der Waals surface area contributed by atoms with Crippen molar-refractivity contribution in [3.63, 3.8) is 0 Å². The summed E-state index contributed by atoms with van der Waals surface area (Å²) in [6.07, 6.45) is 5.88. The summed E-state index contributed by atoms with van der Waals surface area (Å²) in [5.41, 5.74) is 3.68. The number of aromatic amines is 1. The van der Waals surface area contributed by atoms with Crippen molar-refractivity contribution in [2.45, 2.75) is 12.5 Å². The molecule has 4 nitrogen and oxygen atoms in total. The highest BCUT2D eigenvalue weighted by molar-refractivity contribution is 6.01. The molecule has 3 aromatic rings. The Morgan fingerprint density at radius 1 is 1.19 bits per heavy atom. The Morgan fingerprint density at radius 2 is 2.05 bits per heavy atom. The Hall–Kier alpha value is -2.69. The van der Waals surface area contributed by atoms with E-state index in [2.05, 4.69) is 15.1 Å². The maximum atomic E-state index is 13.2. The molecule has 0 fully saturated rings. The van der Waals surface area contributed by atoms with E-state index < -0.39 is 0 Å². The number of aromatic nitrogens is 2. The van der Waals surface area contributed by atoms with Gasteiger partial charge in [0.25, 0.3) is 0 Å². The zero-order valence-corrected chi connectivity index (χ0v) is 11.1. The van der Waals surface area contributed by atoms with Gasteiger partial charge in [0.1, 0.15) is 5.82 Å². The van der Waals surface area contributed by atoms with Gasteiger partial charge in [-0.25, -0.2) is 4.39 Å². The third-order valence-corrected chi connectivity index (χ3v) is 3.71. The Morgan fingerprint density at radius 3 is 2.90 bits per heavy atom. The van der Waals surface area contributed by atoms with E-state index in [1.165, 1.54) is 12.1 Å². The molecule has 0 spiro atoms. The van der Waals surface area contributed by atoms with Crippen molar-refractivity contribution in [2.24, 2.45) is 5.16 Å². The summed E-state index contributed by atoms with van der Waals surface area (Å²) in [4.78, 5) is 12.6. The second-order valence-corrected chi connectivity index (χ2v) is 5.01. The van der Waals surface area contributed by atoms with E-state index in [-0.39, 0.29) is 11.9 Å². The summed E-state index contributed by atoms with van der Waals surface area (Å²) in [7, 11) is 0. The minimum Gasteiger partial charge on any atom is -0.387 e. The summed E-state index contributed by atoms with van der Waals surface area (Å²) < 4.78 is 13.2. The molecule has 1 aromatic carbocycles. The molecule has 2 aromatic heterocycles. The number of hydrogen-bond donors (Lipinski definition) is 1. The normalized spacial score (nSPS) is 17.8. The Kier molecular flexibility index (Phi) is 2.70. The molecule has 1 atom stereocenters. The lowest BCUT2D eigenvalue weighted by atomic mass is 10.0. The molecule has 0 amide bonds. The van der Waals surface area contributed by atoms with Crippen molar-refractivity contribution in [3.8, 4) is 0 Å². The zero-order chi connectivity index (χ0) is 14.2. The predicted octanol–water partition coefficient (Wildman–Crippen LogP) is 3.57. The highest BCUT2D eigenvalue weighted by atomic mass is 19.1. The Bertz CT molecular complexity index is 826. The number of nitrogens with zero attached hydrogens (tertiary/aromatic N) is 2. The SMILES string of the molecule is Fc1ccc2c(C3CC(c4ccncc4)=NO3)c[nH]c2c1. The average molecular weight is 281 g/mol. The van der Waals surface area contributed by atoms with Gasteiger partial charge in [-0.2, -0.15) is 0 Å². The van der Waals surface area contributed by atoms with Crippen LogP contribution in [0.4, 0.5) is 4.39 Å². The lowest BCUT2D eigenvalue weighted by Crippen LogP contribution is -2.01. The average Bonchev–Trinajstić information content (AvgIpc) is 3.13. The number of pyridine rings is 1. The van der Waals surface area contributed by atoms with Crippen molar-refractivity contribution in [2.75, 3.05) is 0 Å². The quantitative estimate of drug-likeness (QED) is 0.780. The van der Waals surface area contributed by atoms with Crippen LogP contribution in [0.3, 0.4) is 0 Å². The van der Waals surface area contributed by atoms with Gasteiger partial charge in [0.2, 0.25) is 0 Å². The monoisotopic (exact) mass is 281 g/mol. The fourth-order valence-corrected chi connectivity index (χ4v) is 2.65. The van der Waals surface area contributed by atoms with E-state index in [0.717, 1.165) is 27.7 Å². The Labute approximate surface area is 120 Å². The summed E-state index contributed by atoms with van der Waals surface area (Å²) in [5.74, 6) is -0.253. The number of oxime groups is 1. The van der Waals surface area contributed by atoms with Crippen LogP contribution < -0.4 is 0 Å². The molecule has 0 saturated carbocycles. The zero-order valence-electron chi connectivity index (χ0n) is 11.1. The lowest BCUT2D eigenvalue weighted by molar-refractivity contribution is 0.0868. The van der Waals surface area contributed by atoms with Crippen LogP contribution in [0, 0.1) is 5.82 Å². The summed E-state index contributed by atoms with van der Waals surface area (Å²) >= 11 is 0. The number of H-pyrrole nitrogens is 1. The molecule has 0 radical (unpaired) electrons. The molecule has 5 heteroatoms. The second-order valence-electron chi connectivity index (χ2n) is 5.01. The van der Waals surface area contributed by atoms with Gasteiger partial charge in [-0.05, 0) is 30.3 Å². The molecule has 1 aliphatic rings. The van der Waals surface area contributed by atoms with Gasteiger partial charge in [0.15, 0.2) is 6.10 Å². The van der Waals surface area contributed by atoms with E-state index >= 15 is 0 Å². The lowest BCUT2D eigenvalue weighted by Gasteiger charge is -2.06. The first kappa shape index (κ1) is 12.1. The summed E-state index contributed by atoms with van der Waals surface area (Å²) in [6.45, 7) is 0. The van der Waals surface area contributed by atoms with E-state index in [4.69, 9.17) is 4.84 Å². The van der Waals surface area contributed by atoms with Crippen molar-refractivity contribution in [1.29, 1.82) is 0 Å². The van der Waals surface area contributed by atoms with Crippen LogP contribution in [-0.2, 0) is 4.84 Å². The maximum absolute atomic E-state index is 13.2. The van der Waals surface area contributed by atoms with E-state index in [0.29, 0.717) is 6.42 Å². The number of halogens is 1. The molecular weight excluding hydrogens is 269 g/mol. The van der Waals surface area contributed by atoms with E-state index in [9.17, 15) is 4.39 Å². The van der Waals surface area contributed by atoms with Crippen molar-refractivity contribution in [1.82, 2.24) is 9.97 Å². The topological polar surface area (TPSA) is 50.3 Å². The summed E-state index contributed by atoms with van der Waals surface area (Å²) in [6, 6.07) is 8.53. The fourth-order valence-electron chi connectivity index (χ4n) is 2.65. The molecule has 1 N–H and O–H groups in total. The number of fused-ring (bicyclic) bond motifs is 1. The summed E-state index contributed by atoms with van der Waals surface area (Å²) in [5, 5.41) is 5.13. The smallest absolute Gasteiger partial charge is 0.160 e. The minimum atomic E-state index is -0.253. The van der Waals surface area contributed by atoms with Crippen molar-refractivity contribution in [3.05, 3.63) is 65.9 Å². The molecule has 0 aliphatic carbocycles. The minimum absolute atomic E-state index is 0.146. The standard InChI is InChI=1S/C16H12FN3O/c17-11-1-2-12-13(9-19-15(12)7-11)16-8-14(20-21-16)10-3-5-18-6-4-10/h1-7,9,16,19H,8H2. The molecule has 21 heavy (non-hydrogen) atoms. The van der Waals surface area contributed by atoms with Crippen molar-refractivity contribution >= 4 is 16.6 Å². The van der Waals surface area contributed by atoms with Gasteiger partial charge >= 0.3 is 0 Å². The van der Waals surface area contributed by atoms with Gasteiger partial charge in [0, 0.05) is 47.0 Å². The highest BCUT2D eigenvalue weighted by Gasteiger charge is 2.26. The maximum Gasteiger partial charge on any atom is 0.160 e. The van der Waals surface area contributed by atoms with Gasteiger partial charge in [-0.15, -0.1) is 0 Å². The van der Waals surface area contributed by atoms with Gasteiger partial charge in [-0.3, -0.25) is 4.98 Å². The number of rotatable bonds is 2.